The number of methoxy groups -OCH3 is 1. The average molecular weight is 362 g/mol. The predicted molar refractivity (Wildman–Crippen MR) is 110 cm³/mol. The summed E-state index contributed by atoms with van der Waals surface area (Å²) in [6, 6.07) is 8.29. The Bertz CT molecular complexity index is 742. The molecule has 0 saturated heterocycles. The number of hydrogen-bond donors (Lipinski definition) is 0. The van der Waals surface area contributed by atoms with Crippen molar-refractivity contribution in [1.29, 1.82) is 0 Å². The van der Waals surface area contributed by atoms with Gasteiger partial charge in [0.1, 0.15) is 12.0 Å². The van der Waals surface area contributed by atoms with Crippen molar-refractivity contribution in [2.45, 2.75) is 27.2 Å². The van der Waals surface area contributed by atoms with Gasteiger partial charge in [0.2, 0.25) is 0 Å². The Labute approximate surface area is 156 Å². The maximum Gasteiger partial charge on any atom is 0.145 e. The minimum Gasteiger partial charge on any atom is -0.497 e. The number of rotatable bonds is 4. The van der Waals surface area contributed by atoms with Gasteiger partial charge in [-0.1, -0.05) is 43.8 Å². The van der Waals surface area contributed by atoms with Crippen molar-refractivity contribution in [2.75, 3.05) is 7.11 Å². The van der Waals surface area contributed by atoms with Crippen LogP contribution in [0.3, 0.4) is 0 Å². The first-order valence-electron chi connectivity index (χ1n) is 7.99. The Morgan fingerprint density at radius 2 is 1.96 bits per heavy atom. The van der Waals surface area contributed by atoms with Crippen LogP contribution in [0.2, 0.25) is 0 Å². The monoisotopic (exact) mass is 361 g/mol. The van der Waals surface area contributed by atoms with Gasteiger partial charge in [-0.3, -0.25) is 4.79 Å². The van der Waals surface area contributed by atoms with Gasteiger partial charge in [-0.05, 0) is 50.1 Å². The summed E-state index contributed by atoms with van der Waals surface area (Å²) < 4.78 is 7.34. The molecule has 0 radical (unpaired) electrons. The zero-order valence-corrected chi connectivity index (χ0v) is 16.6. The van der Waals surface area contributed by atoms with Gasteiger partial charge >= 0.3 is 0 Å². The number of nitrogens with zero attached hydrogens (tertiary/aromatic N) is 1. The number of aldehydes is 1. The van der Waals surface area contributed by atoms with Crippen LogP contribution in [-0.2, 0) is 11.8 Å². The summed E-state index contributed by atoms with van der Waals surface area (Å²) >= 11 is 5.15. The van der Waals surface area contributed by atoms with E-state index in [-0.39, 0.29) is 0 Å². The Morgan fingerprint density at radius 1 is 1.36 bits per heavy atom. The summed E-state index contributed by atoms with van der Waals surface area (Å²) in [6.45, 7) is 12.6. The number of aromatic nitrogens is 1. The van der Waals surface area contributed by atoms with E-state index in [4.69, 9.17) is 16.3 Å². The molecule has 0 N–H and O–H groups in total. The molecule has 3 nitrogen and oxygen atoms in total. The smallest absolute Gasteiger partial charge is 0.145 e. The summed E-state index contributed by atoms with van der Waals surface area (Å²) in [6.07, 6.45) is 5.20. The van der Waals surface area contributed by atoms with Crippen LogP contribution in [0.4, 0.5) is 0 Å². The molecule has 0 amide bonds. The highest BCUT2D eigenvalue weighted by molar-refractivity contribution is 6.30. The van der Waals surface area contributed by atoms with Gasteiger partial charge in [-0.15, -0.1) is 0 Å². The van der Waals surface area contributed by atoms with Crippen LogP contribution in [0, 0.1) is 6.92 Å². The fourth-order valence-corrected chi connectivity index (χ4v) is 1.96. The lowest BCUT2D eigenvalue weighted by atomic mass is 10.2. The van der Waals surface area contributed by atoms with Crippen molar-refractivity contribution in [1.82, 2.24) is 4.57 Å². The second-order valence-electron chi connectivity index (χ2n) is 5.39. The standard InChI is InChI=1S/C11H13NO.C6H10O.C4H5Cl/c1-8-6-9-7-10(13-3)4-5-11(9)12(8)2;1-3-4-6(2)5-7;1-3-4(2)5/h4-7H,1-3H3;4-5H,3H2,1-2H3;3H,1-2H2/b;6-4+;. The van der Waals surface area contributed by atoms with E-state index in [0.717, 1.165) is 24.0 Å². The number of carbonyl (C=O) groups excluding carboxylic acids is 1. The highest BCUT2D eigenvalue weighted by Crippen LogP contribution is 2.22. The lowest BCUT2D eigenvalue weighted by Crippen LogP contribution is -1.89. The first kappa shape index (κ1) is 22.7. The lowest BCUT2D eigenvalue weighted by molar-refractivity contribution is -0.104. The minimum absolute atomic E-state index is 0.491. The molecule has 2 aromatic rings. The van der Waals surface area contributed by atoms with Crippen molar-refractivity contribution in [3.8, 4) is 5.75 Å². The molecular formula is C21H28ClNO2. The number of allylic oxidation sites excluding steroid dienone is 4. The molecule has 136 valence electrons. The van der Waals surface area contributed by atoms with Crippen molar-refractivity contribution in [3.05, 3.63) is 65.9 Å². The first-order chi connectivity index (χ1) is 11.8. The third kappa shape index (κ3) is 8.41. The van der Waals surface area contributed by atoms with Gasteiger partial charge in [0.15, 0.2) is 0 Å². The maximum absolute atomic E-state index is 9.83. The van der Waals surface area contributed by atoms with Crippen LogP contribution < -0.4 is 4.74 Å². The van der Waals surface area contributed by atoms with E-state index >= 15 is 0 Å². The minimum atomic E-state index is 0.491. The van der Waals surface area contributed by atoms with E-state index in [1.54, 1.807) is 14.0 Å². The Balaban J connectivity index is 0.000000408. The molecule has 0 aliphatic rings. The molecule has 1 aromatic carbocycles. The zero-order chi connectivity index (χ0) is 19.4. The molecule has 4 heteroatoms. The SMILES string of the molecule is C=CC(=C)Cl.CC/C=C(\C)C=O.COc1ccc2c(c1)cc(C)n2C. The quantitative estimate of drug-likeness (QED) is 0.382. The van der Waals surface area contributed by atoms with Gasteiger partial charge in [0.05, 0.1) is 7.11 Å². The summed E-state index contributed by atoms with van der Waals surface area (Å²) in [5.41, 5.74) is 3.34. The molecule has 1 aromatic heterocycles. The van der Waals surface area contributed by atoms with Gasteiger partial charge in [-0.2, -0.15) is 0 Å². The number of halogens is 1. The first-order valence-corrected chi connectivity index (χ1v) is 8.37. The predicted octanol–water partition coefficient (Wildman–Crippen LogP) is 5.96. The van der Waals surface area contributed by atoms with Crippen molar-refractivity contribution >= 4 is 28.8 Å². The van der Waals surface area contributed by atoms with Crippen LogP contribution in [-0.4, -0.2) is 18.0 Å². The van der Waals surface area contributed by atoms with Crippen LogP contribution in [0.1, 0.15) is 26.0 Å². The van der Waals surface area contributed by atoms with E-state index in [1.807, 2.05) is 19.1 Å². The summed E-state index contributed by atoms with van der Waals surface area (Å²) in [4.78, 5) is 9.83. The van der Waals surface area contributed by atoms with Crippen molar-refractivity contribution < 1.29 is 9.53 Å². The number of benzene rings is 1. The molecule has 0 atom stereocenters. The number of carbonyl (C=O) groups is 1. The van der Waals surface area contributed by atoms with E-state index in [1.165, 1.54) is 22.7 Å². The van der Waals surface area contributed by atoms with E-state index < -0.39 is 0 Å². The summed E-state index contributed by atoms with van der Waals surface area (Å²) in [5.74, 6) is 0.915. The van der Waals surface area contributed by atoms with E-state index in [0.29, 0.717) is 5.03 Å². The van der Waals surface area contributed by atoms with Gasteiger partial charge in [0.25, 0.3) is 0 Å². The molecule has 1 heterocycles. The Hall–Kier alpha value is -2.26. The Kier molecular flexibility index (Phi) is 11.1. The molecule has 0 unspecified atom stereocenters. The molecule has 2 rings (SSSR count). The number of fused-ring (bicyclic) bond motifs is 1. The molecule has 0 saturated carbocycles. The normalized spacial score (nSPS) is 10.1. The number of aryl methyl sites for hydroxylation is 2. The van der Waals surface area contributed by atoms with Crippen LogP contribution in [0.5, 0.6) is 5.75 Å². The van der Waals surface area contributed by atoms with Crippen LogP contribution >= 0.6 is 11.6 Å². The van der Waals surface area contributed by atoms with Crippen LogP contribution in [0.15, 0.2) is 60.2 Å². The fraction of sp³-hybridized carbons (Fsp3) is 0.286. The van der Waals surface area contributed by atoms with Crippen LogP contribution in [0.25, 0.3) is 10.9 Å². The molecule has 0 spiro atoms. The molecule has 0 bridgehead atoms. The fourth-order valence-electron chi connectivity index (χ4n) is 1.96. The molecule has 0 aliphatic heterocycles. The maximum atomic E-state index is 9.83. The molecule has 0 fully saturated rings. The van der Waals surface area contributed by atoms with E-state index in [2.05, 4.69) is 49.9 Å². The van der Waals surface area contributed by atoms with Gasteiger partial charge in [0, 0.05) is 28.7 Å². The second kappa shape index (κ2) is 12.2. The van der Waals surface area contributed by atoms with Gasteiger partial charge < -0.3 is 9.30 Å². The number of hydrogen-bond acceptors (Lipinski definition) is 2. The molecular weight excluding hydrogens is 334 g/mol. The third-order valence-electron chi connectivity index (χ3n) is 3.42. The molecule has 25 heavy (non-hydrogen) atoms. The Morgan fingerprint density at radius 3 is 2.36 bits per heavy atom. The van der Waals surface area contributed by atoms with Crippen molar-refractivity contribution in [3.63, 3.8) is 0 Å². The molecule has 0 aliphatic carbocycles. The van der Waals surface area contributed by atoms with E-state index in [9.17, 15) is 4.79 Å². The highest BCUT2D eigenvalue weighted by atomic mass is 35.5. The highest BCUT2D eigenvalue weighted by Gasteiger charge is 2.02. The summed E-state index contributed by atoms with van der Waals surface area (Å²) in [5, 5.41) is 1.73. The third-order valence-corrected chi connectivity index (χ3v) is 3.58. The average Bonchev–Trinajstić information content (AvgIpc) is 2.89. The summed E-state index contributed by atoms with van der Waals surface area (Å²) in [7, 11) is 3.76. The second-order valence-corrected chi connectivity index (χ2v) is 5.88. The topological polar surface area (TPSA) is 31.2 Å². The zero-order valence-electron chi connectivity index (χ0n) is 15.8. The lowest BCUT2D eigenvalue weighted by Gasteiger charge is -2.00. The van der Waals surface area contributed by atoms with Gasteiger partial charge in [-0.25, -0.2) is 0 Å². The van der Waals surface area contributed by atoms with Crippen molar-refractivity contribution in [2.24, 2.45) is 7.05 Å². The number of ether oxygens (including phenoxy) is 1. The largest absolute Gasteiger partial charge is 0.497 e.